The fraction of sp³-hybridized carbons (Fsp3) is 0.188. The molecule has 0 radical (unpaired) electrons. The summed E-state index contributed by atoms with van der Waals surface area (Å²) in [5.74, 6) is 1.19. The molecule has 7 heteroatoms. The Kier molecular flexibility index (Phi) is 4.16. The lowest BCUT2D eigenvalue weighted by Gasteiger charge is -2.10. The highest BCUT2D eigenvalue weighted by Crippen LogP contribution is 2.27. The molecule has 1 aromatic carbocycles. The molecule has 0 aliphatic heterocycles. The van der Waals surface area contributed by atoms with Crippen LogP contribution in [0.3, 0.4) is 0 Å². The van der Waals surface area contributed by atoms with Crippen LogP contribution in [0.1, 0.15) is 5.56 Å². The Morgan fingerprint density at radius 1 is 1.35 bits per heavy atom. The smallest absolute Gasteiger partial charge is 0.226 e. The lowest BCUT2D eigenvalue weighted by Crippen LogP contribution is -2.06. The maximum atomic E-state index is 6.19. The van der Waals surface area contributed by atoms with Gasteiger partial charge in [0.2, 0.25) is 5.95 Å². The number of halogens is 1. The van der Waals surface area contributed by atoms with E-state index in [1.165, 1.54) is 0 Å². The maximum Gasteiger partial charge on any atom is 0.226 e. The maximum absolute atomic E-state index is 6.19. The topological polar surface area (TPSA) is 67.7 Å². The minimum absolute atomic E-state index is 0.515. The van der Waals surface area contributed by atoms with E-state index < -0.39 is 0 Å². The average Bonchev–Trinajstić information content (AvgIpc) is 2.91. The van der Waals surface area contributed by atoms with Gasteiger partial charge in [0, 0.05) is 24.3 Å². The van der Waals surface area contributed by atoms with Gasteiger partial charge < -0.3 is 10.6 Å². The van der Waals surface area contributed by atoms with Crippen LogP contribution in [0.15, 0.2) is 37.1 Å². The molecule has 6 nitrogen and oxygen atoms in total. The van der Waals surface area contributed by atoms with Crippen molar-refractivity contribution >= 4 is 40.1 Å². The van der Waals surface area contributed by atoms with Crippen molar-refractivity contribution < 1.29 is 0 Å². The van der Waals surface area contributed by atoms with Crippen molar-refractivity contribution in [1.82, 2.24) is 19.7 Å². The van der Waals surface area contributed by atoms with Crippen molar-refractivity contribution in [2.24, 2.45) is 7.05 Å². The monoisotopic (exact) mass is 328 g/mol. The van der Waals surface area contributed by atoms with Crippen LogP contribution in [0.25, 0.3) is 11.0 Å². The van der Waals surface area contributed by atoms with Gasteiger partial charge in [0.05, 0.1) is 11.6 Å². The van der Waals surface area contributed by atoms with Crippen LogP contribution < -0.4 is 10.6 Å². The molecule has 0 saturated heterocycles. The Hall–Kier alpha value is -2.60. The molecule has 0 saturated carbocycles. The molecule has 0 amide bonds. The number of rotatable bonds is 5. The lowest BCUT2D eigenvalue weighted by molar-refractivity contribution is 0.785. The predicted octanol–water partition coefficient (Wildman–Crippen LogP) is 3.67. The second kappa shape index (κ2) is 6.26. The summed E-state index contributed by atoms with van der Waals surface area (Å²) in [6.45, 7) is 6.24. The minimum atomic E-state index is 0.515. The number of hydrogen-bond donors (Lipinski definition) is 2. The molecule has 118 valence electrons. The summed E-state index contributed by atoms with van der Waals surface area (Å²) in [6.07, 6.45) is 3.49. The summed E-state index contributed by atoms with van der Waals surface area (Å²) in [5, 5.41) is 12.2. The van der Waals surface area contributed by atoms with E-state index in [0.29, 0.717) is 23.3 Å². The van der Waals surface area contributed by atoms with Gasteiger partial charge in [-0.25, -0.2) is 0 Å². The fourth-order valence-electron chi connectivity index (χ4n) is 2.17. The zero-order valence-corrected chi connectivity index (χ0v) is 13.7. The Labute approximate surface area is 139 Å². The molecule has 0 spiro atoms. The molecule has 2 aromatic heterocycles. The number of nitrogens with zero attached hydrogens (tertiary/aromatic N) is 4. The quantitative estimate of drug-likeness (QED) is 0.699. The molecule has 3 aromatic rings. The summed E-state index contributed by atoms with van der Waals surface area (Å²) in [7, 11) is 1.85. The predicted molar refractivity (Wildman–Crippen MR) is 94.5 cm³/mol. The molecule has 0 atom stereocenters. The van der Waals surface area contributed by atoms with Gasteiger partial charge in [-0.15, -0.1) is 6.58 Å². The fourth-order valence-corrected chi connectivity index (χ4v) is 2.35. The zero-order valence-electron chi connectivity index (χ0n) is 13.0. The first-order valence-electron chi connectivity index (χ1n) is 7.16. The number of hydrogen-bond acceptors (Lipinski definition) is 5. The van der Waals surface area contributed by atoms with E-state index >= 15 is 0 Å². The number of nitrogens with one attached hydrogen (secondary N) is 2. The number of fused-ring (bicyclic) bond motifs is 1. The van der Waals surface area contributed by atoms with Gasteiger partial charge in [0.25, 0.3) is 0 Å². The SMILES string of the molecule is C=CCNc1nc(Nc2ccc(C)c(Cl)c2)c2cnn(C)c2n1. The van der Waals surface area contributed by atoms with Gasteiger partial charge in [-0.3, -0.25) is 4.68 Å². The molecule has 0 bridgehead atoms. The Bertz CT molecular complexity index is 870. The standard InChI is InChI=1S/C16H17ClN6/c1-4-7-18-16-21-14(12-9-19-23(3)15(12)22-16)20-11-6-5-10(2)13(17)8-11/h4-6,8-9H,1,7H2,2-3H3,(H2,18,20,21,22). The number of aryl methyl sites for hydroxylation is 2. The summed E-state index contributed by atoms with van der Waals surface area (Å²) in [4.78, 5) is 8.99. The molecular weight excluding hydrogens is 312 g/mol. The Morgan fingerprint density at radius 2 is 2.17 bits per heavy atom. The lowest BCUT2D eigenvalue weighted by atomic mass is 10.2. The van der Waals surface area contributed by atoms with E-state index in [2.05, 4.69) is 32.3 Å². The van der Waals surface area contributed by atoms with E-state index in [1.54, 1.807) is 17.0 Å². The summed E-state index contributed by atoms with van der Waals surface area (Å²) in [5.41, 5.74) is 2.63. The molecule has 0 aliphatic rings. The third-order valence-corrected chi connectivity index (χ3v) is 3.84. The van der Waals surface area contributed by atoms with Crippen molar-refractivity contribution in [1.29, 1.82) is 0 Å². The second-order valence-electron chi connectivity index (χ2n) is 5.16. The van der Waals surface area contributed by atoms with Crippen molar-refractivity contribution in [2.75, 3.05) is 17.2 Å². The van der Waals surface area contributed by atoms with Crippen molar-refractivity contribution in [3.8, 4) is 0 Å². The van der Waals surface area contributed by atoms with E-state index in [-0.39, 0.29) is 0 Å². The molecular formula is C16H17ClN6. The van der Waals surface area contributed by atoms with E-state index in [1.807, 2.05) is 32.2 Å². The first kappa shape index (κ1) is 15.3. The van der Waals surface area contributed by atoms with E-state index in [4.69, 9.17) is 11.6 Å². The normalized spacial score (nSPS) is 10.7. The van der Waals surface area contributed by atoms with E-state index in [9.17, 15) is 0 Å². The van der Waals surface area contributed by atoms with Crippen LogP contribution >= 0.6 is 11.6 Å². The first-order valence-corrected chi connectivity index (χ1v) is 7.54. The van der Waals surface area contributed by atoms with Crippen molar-refractivity contribution in [3.63, 3.8) is 0 Å². The second-order valence-corrected chi connectivity index (χ2v) is 5.57. The third kappa shape index (κ3) is 3.12. The highest BCUT2D eigenvalue weighted by atomic mass is 35.5. The van der Waals surface area contributed by atoms with Crippen molar-refractivity contribution in [2.45, 2.75) is 6.92 Å². The average molecular weight is 329 g/mol. The van der Waals surface area contributed by atoms with Crippen LogP contribution in [0.5, 0.6) is 0 Å². The highest BCUT2D eigenvalue weighted by Gasteiger charge is 2.12. The van der Waals surface area contributed by atoms with Gasteiger partial charge in [-0.1, -0.05) is 23.7 Å². The van der Waals surface area contributed by atoms with Crippen LogP contribution in [0.4, 0.5) is 17.5 Å². The largest absolute Gasteiger partial charge is 0.351 e. The summed E-state index contributed by atoms with van der Waals surface area (Å²) >= 11 is 6.19. The Balaban J connectivity index is 2.03. The van der Waals surface area contributed by atoms with Crippen LogP contribution in [-0.4, -0.2) is 26.3 Å². The molecule has 23 heavy (non-hydrogen) atoms. The number of benzene rings is 1. The van der Waals surface area contributed by atoms with Crippen LogP contribution in [0, 0.1) is 6.92 Å². The van der Waals surface area contributed by atoms with Gasteiger partial charge in [0.15, 0.2) is 5.65 Å². The van der Waals surface area contributed by atoms with Gasteiger partial charge >= 0.3 is 0 Å². The first-order chi connectivity index (χ1) is 11.1. The molecule has 0 aliphatic carbocycles. The van der Waals surface area contributed by atoms with Crippen molar-refractivity contribution in [3.05, 3.63) is 47.6 Å². The molecule has 0 unspecified atom stereocenters. The third-order valence-electron chi connectivity index (χ3n) is 3.43. The van der Waals surface area contributed by atoms with Crippen LogP contribution in [0.2, 0.25) is 5.02 Å². The van der Waals surface area contributed by atoms with Gasteiger partial charge in [0.1, 0.15) is 5.82 Å². The highest BCUT2D eigenvalue weighted by molar-refractivity contribution is 6.31. The molecule has 0 fully saturated rings. The van der Waals surface area contributed by atoms with E-state index in [0.717, 1.165) is 22.3 Å². The number of aromatic nitrogens is 4. The Morgan fingerprint density at radius 3 is 2.91 bits per heavy atom. The summed E-state index contributed by atoms with van der Waals surface area (Å²) < 4.78 is 1.71. The van der Waals surface area contributed by atoms with Crippen LogP contribution in [-0.2, 0) is 7.05 Å². The molecule has 2 N–H and O–H groups in total. The minimum Gasteiger partial charge on any atom is -0.351 e. The molecule has 2 heterocycles. The molecule has 3 rings (SSSR count). The van der Waals surface area contributed by atoms with Gasteiger partial charge in [-0.2, -0.15) is 15.1 Å². The zero-order chi connectivity index (χ0) is 16.4. The van der Waals surface area contributed by atoms with Gasteiger partial charge in [-0.05, 0) is 24.6 Å². The summed E-state index contributed by atoms with van der Waals surface area (Å²) in [6, 6.07) is 5.80. The number of anilines is 3.